The Bertz CT molecular complexity index is 917. The van der Waals surface area contributed by atoms with Crippen LogP contribution in [-0.4, -0.2) is 30.8 Å². The molecule has 0 fully saturated rings. The van der Waals surface area contributed by atoms with Crippen molar-refractivity contribution < 1.29 is 9.94 Å². The molecule has 0 aliphatic heterocycles. The van der Waals surface area contributed by atoms with Crippen molar-refractivity contribution in [2.24, 2.45) is 7.05 Å². The Balaban J connectivity index is 2.05. The second kappa shape index (κ2) is 8.33. The van der Waals surface area contributed by atoms with E-state index in [0.29, 0.717) is 11.6 Å². The molecule has 0 aliphatic carbocycles. The van der Waals surface area contributed by atoms with Crippen molar-refractivity contribution in [3.8, 4) is 0 Å². The summed E-state index contributed by atoms with van der Waals surface area (Å²) in [6.45, 7) is 5.58. The monoisotopic (exact) mass is 378 g/mol. The summed E-state index contributed by atoms with van der Waals surface area (Å²) in [5.74, 6) is 1.04. The molecule has 0 saturated carbocycles. The topological polar surface area (TPSA) is 76.0 Å². The number of nitrogens with zero attached hydrogens (tertiary/aromatic N) is 5. The third kappa shape index (κ3) is 4.62. The highest BCUT2D eigenvalue weighted by atomic mass is 16.6. The summed E-state index contributed by atoms with van der Waals surface area (Å²) in [5.41, 5.74) is 0.952. The van der Waals surface area contributed by atoms with Crippen molar-refractivity contribution >= 4 is 11.8 Å². The number of hydroxylamine groups is 2. The summed E-state index contributed by atoms with van der Waals surface area (Å²) >= 11 is 0. The molecule has 0 bridgehead atoms. The first kappa shape index (κ1) is 19.7. The Kier molecular flexibility index (Phi) is 5.87. The average Bonchev–Trinajstić information content (AvgIpc) is 3.09. The van der Waals surface area contributed by atoms with Gasteiger partial charge in [-0.25, -0.2) is 4.68 Å². The molecule has 0 spiro atoms. The van der Waals surface area contributed by atoms with Crippen LogP contribution in [0.4, 0.5) is 0 Å². The first-order chi connectivity index (χ1) is 13.4. The van der Waals surface area contributed by atoms with Gasteiger partial charge in [0.1, 0.15) is 5.76 Å². The highest BCUT2D eigenvalue weighted by Gasteiger charge is 2.32. The largest absolute Gasteiger partial charge is 0.468 e. The summed E-state index contributed by atoms with van der Waals surface area (Å²) < 4.78 is 7.85. The van der Waals surface area contributed by atoms with E-state index in [2.05, 4.69) is 15.5 Å². The van der Waals surface area contributed by atoms with E-state index in [1.165, 1.54) is 0 Å². The fourth-order valence-corrected chi connectivity index (χ4v) is 2.60. The highest BCUT2D eigenvalue weighted by molar-refractivity contribution is 5.75. The van der Waals surface area contributed by atoms with Crippen LogP contribution in [0.15, 0.2) is 60.7 Å². The maximum Gasteiger partial charge on any atom is 0.203 e. The molecule has 7 heteroatoms. The van der Waals surface area contributed by atoms with Gasteiger partial charge in [-0.05, 0) is 31.2 Å². The fraction of sp³-hybridized carbons (Fsp3) is 0.286. The molecular weight excluding hydrogens is 354 g/mol. The predicted molar refractivity (Wildman–Crippen MR) is 106 cm³/mol. The van der Waals surface area contributed by atoms with Crippen LogP contribution >= 0.6 is 0 Å². The molecule has 1 atom stereocenters. The number of rotatable bonds is 6. The lowest BCUT2D eigenvalue weighted by molar-refractivity contribution is -0.288. The molecule has 1 aromatic heterocycles. The lowest BCUT2D eigenvalue weighted by Crippen LogP contribution is -2.41. The van der Waals surface area contributed by atoms with Crippen LogP contribution in [0.2, 0.25) is 0 Å². The van der Waals surface area contributed by atoms with Gasteiger partial charge in [0.2, 0.25) is 6.23 Å². The number of benzene rings is 2. The number of hydrogen-bond acceptors (Lipinski definition) is 5. The summed E-state index contributed by atoms with van der Waals surface area (Å²) in [7, 11) is 1.75. The third-order valence-corrected chi connectivity index (χ3v) is 4.17. The normalized spacial score (nSPS) is 13.6. The van der Waals surface area contributed by atoms with Gasteiger partial charge in [-0.2, -0.15) is 0 Å². The van der Waals surface area contributed by atoms with E-state index in [4.69, 9.17) is 4.74 Å². The van der Waals surface area contributed by atoms with Crippen LogP contribution in [-0.2, 0) is 17.0 Å². The van der Waals surface area contributed by atoms with Gasteiger partial charge in [-0.1, -0.05) is 60.7 Å². The average molecular weight is 378 g/mol. The number of tetrazole rings is 1. The van der Waals surface area contributed by atoms with Crippen LogP contribution in [0.25, 0.3) is 11.8 Å². The molecule has 0 aliphatic rings. The molecule has 1 unspecified atom stereocenters. The summed E-state index contributed by atoms with van der Waals surface area (Å²) in [4.78, 5) is 0. The van der Waals surface area contributed by atoms with Gasteiger partial charge >= 0.3 is 0 Å². The Morgan fingerprint density at radius 1 is 1.07 bits per heavy atom. The summed E-state index contributed by atoms with van der Waals surface area (Å²) in [5, 5.41) is 25.6. The van der Waals surface area contributed by atoms with Crippen molar-refractivity contribution in [2.75, 3.05) is 0 Å². The van der Waals surface area contributed by atoms with Gasteiger partial charge in [-0.3, -0.25) is 0 Å². The molecule has 0 N–H and O–H groups in total. The van der Waals surface area contributed by atoms with Crippen LogP contribution in [0, 0.1) is 0 Å². The molecular formula is C21H24N5O2. The van der Waals surface area contributed by atoms with Gasteiger partial charge in [0.25, 0.3) is 0 Å². The van der Waals surface area contributed by atoms with Crippen LogP contribution in [0.5, 0.6) is 0 Å². The molecule has 28 heavy (non-hydrogen) atoms. The van der Waals surface area contributed by atoms with Crippen LogP contribution in [0.3, 0.4) is 0 Å². The van der Waals surface area contributed by atoms with Crippen molar-refractivity contribution in [1.29, 1.82) is 0 Å². The lowest BCUT2D eigenvalue weighted by Gasteiger charge is -2.34. The molecule has 2 aromatic carbocycles. The zero-order valence-corrected chi connectivity index (χ0v) is 16.5. The first-order valence-corrected chi connectivity index (χ1v) is 9.04. The quantitative estimate of drug-likeness (QED) is 0.370. The van der Waals surface area contributed by atoms with E-state index in [0.717, 1.165) is 16.2 Å². The van der Waals surface area contributed by atoms with Crippen molar-refractivity contribution in [1.82, 2.24) is 25.3 Å². The standard InChI is InChI=1S/C21H24N5O2/c1-21(2,3)26(27)20(17-13-9-6-10-14-17)28-18(16-11-7-5-8-12-16)15-19-22-23-24-25(19)4/h5-15,20H,1-4H3/b18-15+. The van der Waals surface area contributed by atoms with Crippen molar-refractivity contribution in [3.63, 3.8) is 0 Å². The molecule has 3 aromatic rings. The fourth-order valence-electron chi connectivity index (χ4n) is 2.60. The maximum atomic E-state index is 13.1. The minimum absolute atomic E-state index is 0.512. The predicted octanol–water partition coefficient (Wildman–Crippen LogP) is 3.87. The molecule has 1 heterocycles. The van der Waals surface area contributed by atoms with Gasteiger partial charge < -0.3 is 4.74 Å². The summed E-state index contributed by atoms with van der Waals surface area (Å²) in [6, 6.07) is 19.0. The van der Waals surface area contributed by atoms with Gasteiger partial charge in [-0.15, -0.1) is 15.4 Å². The molecule has 0 amide bonds. The van der Waals surface area contributed by atoms with Gasteiger partial charge in [0.05, 0.1) is 0 Å². The van der Waals surface area contributed by atoms with E-state index < -0.39 is 11.8 Å². The van der Waals surface area contributed by atoms with Crippen LogP contribution < -0.4 is 0 Å². The third-order valence-electron chi connectivity index (χ3n) is 4.17. The smallest absolute Gasteiger partial charge is 0.203 e. The minimum atomic E-state index is -0.825. The lowest BCUT2D eigenvalue weighted by atomic mass is 10.1. The van der Waals surface area contributed by atoms with Gasteiger partial charge in [0.15, 0.2) is 5.82 Å². The SMILES string of the molecule is Cn1nnnc1/C=C(/OC(c1ccccc1)N([O])C(C)(C)C)c1ccccc1. The Morgan fingerprint density at radius 2 is 1.68 bits per heavy atom. The molecule has 1 radical (unpaired) electrons. The van der Waals surface area contributed by atoms with E-state index in [1.807, 2.05) is 81.4 Å². The molecule has 3 rings (SSSR count). The van der Waals surface area contributed by atoms with E-state index >= 15 is 0 Å². The van der Waals surface area contributed by atoms with E-state index in [9.17, 15) is 5.21 Å². The Hall–Kier alpha value is -3.03. The van der Waals surface area contributed by atoms with Crippen molar-refractivity contribution in [2.45, 2.75) is 32.5 Å². The van der Waals surface area contributed by atoms with E-state index in [1.54, 1.807) is 17.8 Å². The Labute approximate surface area is 164 Å². The highest BCUT2D eigenvalue weighted by Crippen LogP contribution is 2.33. The number of ether oxygens (including phenoxy) is 1. The summed E-state index contributed by atoms with van der Waals surface area (Å²) in [6.07, 6.45) is 0.913. The van der Waals surface area contributed by atoms with E-state index in [-0.39, 0.29) is 0 Å². The zero-order valence-electron chi connectivity index (χ0n) is 16.5. The maximum absolute atomic E-state index is 13.1. The number of aromatic nitrogens is 4. The van der Waals surface area contributed by atoms with Crippen LogP contribution in [0.1, 0.15) is 44.0 Å². The molecule has 0 saturated heterocycles. The minimum Gasteiger partial charge on any atom is -0.468 e. The second-order valence-electron chi connectivity index (χ2n) is 7.41. The van der Waals surface area contributed by atoms with Crippen molar-refractivity contribution in [3.05, 3.63) is 77.6 Å². The Morgan fingerprint density at radius 3 is 2.21 bits per heavy atom. The second-order valence-corrected chi connectivity index (χ2v) is 7.41. The molecule has 7 nitrogen and oxygen atoms in total. The number of aryl methyl sites for hydroxylation is 1. The number of hydrogen-bond donors (Lipinski definition) is 0. The molecule has 145 valence electrons. The van der Waals surface area contributed by atoms with Gasteiger partial charge in [0, 0.05) is 29.8 Å². The zero-order chi connectivity index (χ0) is 20.1. The first-order valence-electron chi connectivity index (χ1n) is 9.04.